The van der Waals surface area contributed by atoms with Crippen LogP contribution in [-0.2, 0) is 12.8 Å². The summed E-state index contributed by atoms with van der Waals surface area (Å²) in [4.78, 5) is 23.7. The second-order valence-electron chi connectivity index (χ2n) is 5.10. The van der Waals surface area contributed by atoms with E-state index in [0.717, 1.165) is 10.7 Å². The van der Waals surface area contributed by atoms with Gasteiger partial charge < -0.3 is 8.98 Å². The van der Waals surface area contributed by atoms with Crippen LogP contribution in [0.1, 0.15) is 26.5 Å². The van der Waals surface area contributed by atoms with Crippen LogP contribution in [0.4, 0.5) is 0 Å². The van der Waals surface area contributed by atoms with E-state index in [1.165, 1.54) is 12.3 Å². The molecule has 0 radical (unpaired) electrons. The van der Waals surface area contributed by atoms with Crippen molar-refractivity contribution in [1.82, 2.24) is 25.6 Å². The van der Waals surface area contributed by atoms with Gasteiger partial charge in [-0.3, -0.25) is 20.4 Å². The van der Waals surface area contributed by atoms with Crippen LogP contribution in [0.5, 0.6) is 0 Å². The molecule has 2 aromatic heterocycles. The van der Waals surface area contributed by atoms with E-state index >= 15 is 0 Å². The molecule has 0 saturated carbocycles. The van der Waals surface area contributed by atoms with Gasteiger partial charge >= 0.3 is 5.91 Å². The quantitative estimate of drug-likeness (QED) is 0.533. The number of hydrazine groups is 1. The van der Waals surface area contributed by atoms with E-state index in [4.69, 9.17) is 4.42 Å². The first-order chi connectivity index (χ1) is 12.1. The van der Waals surface area contributed by atoms with Gasteiger partial charge in [0.25, 0.3) is 5.91 Å². The molecule has 0 aliphatic rings. The van der Waals surface area contributed by atoms with Crippen LogP contribution in [0, 0.1) is 0 Å². The highest BCUT2D eigenvalue weighted by molar-refractivity contribution is 7.98. The van der Waals surface area contributed by atoms with Gasteiger partial charge in [-0.15, -0.1) is 10.2 Å². The zero-order chi connectivity index (χ0) is 17.6. The molecule has 0 saturated heterocycles. The smallest absolute Gasteiger partial charge is 0.305 e. The van der Waals surface area contributed by atoms with E-state index in [1.807, 2.05) is 23.7 Å². The lowest BCUT2D eigenvalue weighted by atomic mass is 10.1. The number of thioether (sulfide) groups is 1. The van der Waals surface area contributed by atoms with Gasteiger partial charge in [0, 0.05) is 18.4 Å². The Hall–Kier alpha value is -3.07. The Labute approximate surface area is 147 Å². The molecule has 0 bridgehead atoms. The van der Waals surface area contributed by atoms with Crippen LogP contribution in [0.15, 0.2) is 58.6 Å². The standard InChI is InChI=1S/C16H15N5O3S/c1-21-10-17-20-16(21)25-9-11-4-6-12(7-5-11)14(22)18-19-15(23)13-3-2-8-24-13/h2-8,10H,9H2,1H3,(H,18,22)(H,19,23). The minimum Gasteiger partial charge on any atom is -0.459 e. The molecule has 3 aromatic rings. The van der Waals surface area contributed by atoms with E-state index in [0.29, 0.717) is 11.3 Å². The van der Waals surface area contributed by atoms with Gasteiger partial charge in [-0.1, -0.05) is 23.9 Å². The molecule has 8 nitrogen and oxygen atoms in total. The van der Waals surface area contributed by atoms with Crippen molar-refractivity contribution in [2.75, 3.05) is 0 Å². The van der Waals surface area contributed by atoms with E-state index in [-0.39, 0.29) is 5.76 Å². The fraction of sp³-hybridized carbons (Fsp3) is 0.125. The van der Waals surface area contributed by atoms with Gasteiger partial charge in [-0.05, 0) is 29.8 Å². The van der Waals surface area contributed by atoms with Gasteiger partial charge in [0.1, 0.15) is 6.33 Å². The van der Waals surface area contributed by atoms with E-state index in [1.54, 1.807) is 36.3 Å². The predicted octanol–water partition coefficient (Wildman–Crippen LogP) is 1.78. The number of hydrogen-bond donors (Lipinski definition) is 2. The Bertz CT molecular complexity index is 858. The van der Waals surface area contributed by atoms with Crippen molar-refractivity contribution in [3.8, 4) is 0 Å². The average molecular weight is 357 g/mol. The highest BCUT2D eigenvalue weighted by atomic mass is 32.2. The number of amides is 2. The van der Waals surface area contributed by atoms with Gasteiger partial charge in [-0.2, -0.15) is 0 Å². The molecule has 25 heavy (non-hydrogen) atoms. The van der Waals surface area contributed by atoms with Crippen LogP contribution in [0.2, 0.25) is 0 Å². The Balaban J connectivity index is 1.52. The first-order valence-corrected chi connectivity index (χ1v) is 8.32. The topological polar surface area (TPSA) is 102 Å². The van der Waals surface area contributed by atoms with Gasteiger partial charge in [0.2, 0.25) is 0 Å². The van der Waals surface area contributed by atoms with Crippen molar-refractivity contribution in [2.45, 2.75) is 10.9 Å². The summed E-state index contributed by atoms with van der Waals surface area (Å²) in [5, 5.41) is 8.65. The zero-order valence-corrected chi connectivity index (χ0v) is 14.1. The maximum absolute atomic E-state index is 12.0. The first kappa shape index (κ1) is 16.8. The van der Waals surface area contributed by atoms with Crippen molar-refractivity contribution in [3.05, 3.63) is 65.9 Å². The summed E-state index contributed by atoms with van der Waals surface area (Å²) in [6.45, 7) is 0. The fourth-order valence-electron chi connectivity index (χ4n) is 1.96. The molecule has 0 spiro atoms. The summed E-state index contributed by atoms with van der Waals surface area (Å²) in [7, 11) is 1.88. The number of hydrogen-bond acceptors (Lipinski definition) is 6. The Morgan fingerprint density at radius 1 is 1.16 bits per heavy atom. The Kier molecular flexibility index (Phi) is 5.14. The molecule has 0 aliphatic heterocycles. The molecule has 0 fully saturated rings. The van der Waals surface area contributed by atoms with E-state index in [9.17, 15) is 9.59 Å². The predicted molar refractivity (Wildman–Crippen MR) is 90.6 cm³/mol. The van der Waals surface area contributed by atoms with E-state index in [2.05, 4.69) is 21.0 Å². The van der Waals surface area contributed by atoms with Gasteiger partial charge in [-0.25, -0.2) is 0 Å². The summed E-state index contributed by atoms with van der Waals surface area (Å²) in [5.41, 5.74) is 6.12. The molecule has 3 rings (SSSR count). The largest absolute Gasteiger partial charge is 0.459 e. The van der Waals surface area contributed by atoms with Crippen LogP contribution in [0.3, 0.4) is 0 Å². The van der Waals surface area contributed by atoms with Crippen molar-refractivity contribution in [1.29, 1.82) is 0 Å². The monoisotopic (exact) mass is 357 g/mol. The molecule has 2 heterocycles. The van der Waals surface area contributed by atoms with Crippen LogP contribution in [-0.4, -0.2) is 26.6 Å². The number of nitrogens with zero attached hydrogens (tertiary/aromatic N) is 3. The summed E-state index contributed by atoms with van der Waals surface area (Å²) >= 11 is 1.56. The lowest BCUT2D eigenvalue weighted by Crippen LogP contribution is -2.41. The second-order valence-corrected chi connectivity index (χ2v) is 6.04. The third kappa shape index (κ3) is 4.27. The number of carbonyl (C=O) groups is 2. The van der Waals surface area contributed by atoms with Gasteiger partial charge in [0.15, 0.2) is 10.9 Å². The number of aromatic nitrogens is 3. The fourth-order valence-corrected chi connectivity index (χ4v) is 2.80. The normalized spacial score (nSPS) is 10.4. The third-order valence-electron chi connectivity index (χ3n) is 3.29. The summed E-state index contributed by atoms with van der Waals surface area (Å²) in [6.07, 6.45) is 3.03. The summed E-state index contributed by atoms with van der Waals surface area (Å²) in [6, 6.07) is 10.2. The SMILES string of the molecule is Cn1cnnc1SCc1ccc(C(=O)NNC(=O)c2ccco2)cc1. The Morgan fingerprint density at radius 3 is 2.56 bits per heavy atom. The van der Waals surface area contributed by atoms with Crippen LogP contribution < -0.4 is 10.9 Å². The number of aryl methyl sites for hydroxylation is 1. The van der Waals surface area contributed by atoms with Crippen molar-refractivity contribution in [3.63, 3.8) is 0 Å². The average Bonchev–Trinajstić information content (AvgIpc) is 3.30. The molecule has 0 unspecified atom stereocenters. The number of furan rings is 1. The molecule has 2 amide bonds. The molecule has 1 aromatic carbocycles. The second kappa shape index (κ2) is 7.67. The van der Waals surface area contributed by atoms with Crippen LogP contribution in [0.25, 0.3) is 0 Å². The molecule has 128 valence electrons. The first-order valence-electron chi connectivity index (χ1n) is 7.33. The number of benzene rings is 1. The minimum atomic E-state index is -0.518. The molecule has 9 heteroatoms. The summed E-state index contributed by atoms with van der Waals surface area (Å²) in [5.74, 6) is -0.0946. The van der Waals surface area contributed by atoms with Crippen molar-refractivity contribution in [2.24, 2.45) is 7.05 Å². The molecule has 0 atom stereocenters. The maximum atomic E-state index is 12.0. The Morgan fingerprint density at radius 2 is 1.92 bits per heavy atom. The number of carbonyl (C=O) groups excluding carboxylic acids is 2. The third-order valence-corrected chi connectivity index (χ3v) is 4.39. The summed E-state index contributed by atoms with van der Waals surface area (Å²) < 4.78 is 6.78. The minimum absolute atomic E-state index is 0.122. The lowest BCUT2D eigenvalue weighted by molar-refractivity contribution is 0.0831. The number of rotatable bonds is 5. The molecular formula is C16H15N5O3S. The zero-order valence-electron chi connectivity index (χ0n) is 13.3. The lowest BCUT2D eigenvalue weighted by Gasteiger charge is -2.07. The highest BCUT2D eigenvalue weighted by Crippen LogP contribution is 2.20. The molecular weight excluding hydrogens is 342 g/mol. The number of nitrogens with one attached hydrogen (secondary N) is 2. The highest BCUT2D eigenvalue weighted by Gasteiger charge is 2.11. The molecule has 2 N–H and O–H groups in total. The molecule has 0 aliphatic carbocycles. The maximum Gasteiger partial charge on any atom is 0.305 e. The van der Waals surface area contributed by atoms with Crippen molar-refractivity contribution >= 4 is 23.6 Å². The van der Waals surface area contributed by atoms with Gasteiger partial charge in [0.05, 0.1) is 6.26 Å². The van der Waals surface area contributed by atoms with Crippen LogP contribution >= 0.6 is 11.8 Å². The van der Waals surface area contributed by atoms with E-state index < -0.39 is 11.8 Å². The van der Waals surface area contributed by atoms with Crippen molar-refractivity contribution < 1.29 is 14.0 Å².